The van der Waals surface area contributed by atoms with Crippen molar-refractivity contribution < 1.29 is 9.32 Å². The van der Waals surface area contributed by atoms with Crippen molar-refractivity contribution in [2.24, 2.45) is 5.92 Å². The van der Waals surface area contributed by atoms with E-state index in [9.17, 15) is 4.79 Å². The molecule has 160 valence electrons. The Morgan fingerprint density at radius 2 is 1.80 bits per heavy atom. The third kappa shape index (κ3) is 7.47. The maximum atomic E-state index is 11.1. The number of nitrogen functional groups attached to an aromatic ring is 1. The maximum absolute atomic E-state index is 11.1. The topological polar surface area (TPSA) is 82.0 Å². The fourth-order valence-corrected chi connectivity index (χ4v) is 3.23. The highest BCUT2D eigenvalue weighted by atomic mass is 16.5. The molecule has 0 aliphatic heterocycles. The van der Waals surface area contributed by atoms with Gasteiger partial charge in [-0.05, 0) is 37.8 Å². The molecule has 2 heterocycles. The normalized spacial score (nSPS) is 11.6. The second-order valence-corrected chi connectivity index (χ2v) is 7.96. The molecule has 1 atom stereocenters. The third-order valence-electron chi connectivity index (χ3n) is 4.95. The highest BCUT2D eigenvalue weighted by molar-refractivity contribution is 5.94. The lowest BCUT2D eigenvalue weighted by Gasteiger charge is -2.14. The van der Waals surface area contributed by atoms with E-state index in [4.69, 9.17) is 10.3 Å². The van der Waals surface area contributed by atoms with Gasteiger partial charge in [-0.15, -0.1) is 0 Å². The van der Waals surface area contributed by atoms with Gasteiger partial charge in [-0.2, -0.15) is 0 Å². The number of hydrogen-bond acceptors (Lipinski definition) is 5. The van der Waals surface area contributed by atoms with Crippen molar-refractivity contribution in [3.05, 3.63) is 66.0 Å². The zero-order chi connectivity index (χ0) is 21.9. The molecular formula is C25H33N3O2. The van der Waals surface area contributed by atoms with Crippen molar-refractivity contribution in [3.63, 3.8) is 0 Å². The molecule has 0 fully saturated rings. The minimum absolute atomic E-state index is 0.0857. The molecule has 1 aromatic carbocycles. The predicted octanol–water partition coefficient (Wildman–Crippen LogP) is 6.53. The van der Waals surface area contributed by atoms with Crippen LogP contribution < -0.4 is 5.73 Å². The maximum Gasteiger partial charge on any atom is 0.222 e. The van der Waals surface area contributed by atoms with Crippen LogP contribution in [-0.2, 0) is 0 Å². The van der Waals surface area contributed by atoms with Gasteiger partial charge in [-0.1, -0.05) is 69.1 Å². The Kier molecular flexibility index (Phi) is 9.26. The van der Waals surface area contributed by atoms with Crippen LogP contribution in [0.3, 0.4) is 0 Å². The summed E-state index contributed by atoms with van der Waals surface area (Å²) in [4.78, 5) is 15.3. The Hall–Kier alpha value is -2.95. The first-order chi connectivity index (χ1) is 14.4. The minimum Gasteiger partial charge on any atom is -0.368 e. The molecular weight excluding hydrogens is 374 g/mol. The van der Waals surface area contributed by atoms with Crippen LogP contribution in [0, 0.1) is 5.92 Å². The molecule has 0 aliphatic rings. The molecule has 2 aromatic heterocycles. The number of hydrogen-bond donors (Lipinski definition) is 1. The summed E-state index contributed by atoms with van der Waals surface area (Å²) in [5, 5.41) is 4.01. The highest BCUT2D eigenvalue weighted by Gasteiger charge is 2.15. The fourth-order valence-electron chi connectivity index (χ4n) is 3.23. The molecule has 3 aromatic rings. The number of aromatic nitrogens is 2. The quantitative estimate of drug-likeness (QED) is 0.429. The summed E-state index contributed by atoms with van der Waals surface area (Å²) in [6.45, 7) is 8.27. The Morgan fingerprint density at radius 1 is 1.07 bits per heavy atom. The molecule has 5 nitrogen and oxygen atoms in total. The zero-order valence-electron chi connectivity index (χ0n) is 18.5. The average molecular weight is 408 g/mol. The second-order valence-electron chi connectivity index (χ2n) is 7.96. The molecule has 5 heteroatoms. The summed E-state index contributed by atoms with van der Waals surface area (Å²) in [6, 6.07) is 15.1. The van der Waals surface area contributed by atoms with Gasteiger partial charge in [0.05, 0.1) is 11.4 Å². The summed E-state index contributed by atoms with van der Waals surface area (Å²) in [5.74, 6) is 1.77. The van der Waals surface area contributed by atoms with Gasteiger partial charge in [0.2, 0.25) is 5.88 Å². The van der Waals surface area contributed by atoms with Gasteiger partial charge in [0.1, 0.15) is 0 Å². The van der Waals surface area contributed by atoms with E-state index in [0.717, 1.165) is 28.4 Å². The first-order valence-electron chi connectivity index (χ1n) is 10.6. The van der Waals surface area contributed by atoms with Crippen LogP contribution in [0.5, 0.6) is 0 Å². The van der Waals surface area contributed by atoms with Crippen molar-refractivity contribution in [3.8, 4) is 11.3 Å². The van der Waals surface area contributed by atoms with Gasteiger partial charge in [-0.25, -0.2) is 0 Å². The number of carbonyl (C=O) groups excluding carboxylic acids is 1. The van der Waals surface area contributed by atoms with Gasteiger partial charge >= 0.3 is 0 Å². The third-order valence-corrected chi connectivity index (χ3v) is 4.95. The highest BCUT2D eigenvalue weighted by Crippen LogP contribution is 2.28. The zero-order valence-corrected chi connectivity index (χ0v) is 18.5. The van der Waals surface area contributed by atoms with E-state index in [1.807, 2.05) is 48.5 Å². The molecule has 0 saturated heterocycles. The van der Waals surface area contributed by atoms with Crippen LogP contribution in [0.4, 0.5) is 5.88 Å². The van der Waals surface area contributed by atoms with E-state index >= 15 is 0 Å². The Labute approximate surface area is 179 Å². The van der Waals surface area contributed by atoms with E-state index in [1.165, 1.54) is 25.7 Å². The lowest BCUT2D eigenvalue weighted by molar-refractivity contribution is 0.101. The molecule has 0 aliphatic carbocycles. The van der Waals surface area contributed by atoms with Crippen LogP contribution in [0.1, 0.15) is 75.3 Å². The summed E-state index contributed by atoms with van der Waals surface area (Å²) >= 11 is 0. The van der Waals surface area contributed by atoms with E-state index in [0.29, 0.717) is 11.8 Å². The van der Waals surface area contributed by atoms with E-state index in [1.54, 1.807) is 13.1 Å². The lowest BCUT2D eigenvalue weighted by atomic mass is 9.91. The van der Waals surface area contributed by atoms with Crippen molar-refractivity contribution >= 4 is 11.7 Å². The lowest BCUT2D eigenvalue weighted by Crippen LogP contribution is -2.01. The average Bonchev–Trinajstić information content (AvgIpc) is 3.18. The van der Waals surface area contributed by atoms with Gasteiger partial charge in [0.15, 0.2) is 5.78 Å². The summed E-state index contributed by atoms with van der Waals surface area (Å²) in [7, 11) is 0. The van der Waals surface area contributed by atoms with Crippen LogP contribution in [-0.4, -0.2) is 15.9 Å². The number of rotatable bonds is 8. The van der Waals surface area contributed by atoms with Crippen molar-refractivity contribution in [1.82, 2.24) is 10.1 Å². The van der Waals surface area contributed by atoms with Crippen LogP contribution in [0.25, 0.3) is 11.3 Å². The number of carbonyl (C=O) groups is 1. The van der Waals surface area contributed by atoms with E-state index in [-0.39, 0.29) is 5.78 Å². The minimum atomic E-state index is 0.0857. The molecule has 0 bridgehead atoms. The number of ketones is 1. The first-order valence-corrected chi connectivity index (χ1v) is 10.6. The number of benzene rings is 1. The summed E-state index contributed by atoms with van der Waals surface area (Å²) < 4.78 is 4.93. The largest absolute Gasteiger partial charge is 0.368 e. The number of anilines is 1. The van der Waals surface area contributed by atoms with Crippen molar-refractivity contribution in [1.29, 1.82) is 0 Å². The molecule has 2 N–H and O–H groups in total. The molecule has 0 saturated carbocycles. The predicted molar refractivity (Wildman–Crippen MR) is 122 cm³/mol. The Morgan fingerprint density at radius 3 is 2.30 bits per heavy atom. The smallest absolute Gasteiger partial charge is 0.222 e. The number of Topliss-reactive ketones (excluding diaryl/α,β-unsaturated/α-hetero) is 1. The second kappa shape index (κ2) is 11.9. The summed E-state index contributed by atoms with van der Waals surface area (Å²) in [5.41, 5.74) is 9.25. The van der Waals surface area contributed by atoms with Gasteiger partial charge in [-0.3, -0.25) is 9.78 Å². The fraction of sp³-hybridized carbons (Fsp3) is 0.400. The van der Waals surface area contributed by atoms with E-state index < -0.39 is 0 Å². The number of nitrogens with zero attached hydrogens (tertiary/aromatic N) is 2. The molecule has 30 heavy (non-hydrogen) atoms. The Bertz CT molecular complexity index is 886. The van der Waals surface area contributed by atoms with E-state index in [2.05, 4.69) is 30.9 Å². The van der Waals surface area contributed by atoms with Gasteiger partial charge in [0, 0.05) is 29.3 Å². The monoisotopic (exact) mass is 407 g/mol. The standard InChI is InChI=1S/C13H11NO.C12H22N2O/c1-10(15)11-5-7-12(8-6-11)13-4-2-3-9-14-13;1-4-5-10(7-6-9(2)3)11-8-12(13)15-14-11/h2-9H,1H3;8-10H,4-7,13H2,1-3H3. The molecule has 0 spiro atoms. The SMILES string of the molecule is CC(=O)c1ccc(-c2ccccn2)cc1.CCCC(CCC(C)C)c1cc(N)on1. The van der Waals surface area contributed by atoms with Crippen LogP contribution in [0.2, 0.25) is 0 Å². The number of pyridine rings is 1. The molecule has 1 unspecified atom stereocenters. The van der Waals surface area contributed by atoms with Gasteiger partial charge < -0.3 is 10.3 Å². The molecule has 3 rings (SSSR count). The van der Waals surface area contributed by atoms with Crippen LogP contribution in [0.15, 0.2) is 59.3 Å². The summed E-state index contributed by atoms with van der Waals surface area (Å²) in [6.07, 6.45) is 6.51. The molecule has 0 amide bonds. The molecule has 0 radical (unpaired) electrons. The van der Waals surface area contributed by atoms with Gasteiger partial charge in [0.25, 0.3) is 0 Å². The van der Waals surface area contributed by atoms with Crippen molar-refractivity contribution in [2.75, 3.05) is 5.73 Å². The Balaban J connectivity index is 0.000000214. The number of nitrogens with two attached hydrogens (primary N) is 1. The first kappa shape index (κ1) is 23.3. The van der Waals surface area contributed by atoms with Crippen molar-refractivity contribution in [2.45, 2.75) is 59.3 Å². The van der Waals surface area contributed by atoms with Crippen LogP contribution >= 0.6 is 0 Å².